The van der Waals surface area contributed by atoms with Crippen LogP contribution in [0.15, 0.2) is 0 Å². The van der Waals surface area contributed by atoms with Gasteiger partial charge >= 0.3 is 0 Å². The molecule has 0 saturated carbocycles. The van der Waals surface area contributed by atoms with E-state index in [9.17, 15) is 0 Å². The first-order valence-corrected chi connectivity index (χ1v) is 2.00. The van der Waals surface area contributed by atoms with E-state index >= 15 is 0 Å². The monoisotopic (exact) mass is 388 g/mol. The maximum absolute atomic E-state index is 3.64. The molecule has 0 aliphatic carbocycles. The normalized spacial score (nSPS) is 4.20. The zero-order chi connectivity index (χ0) is 4.12. The third-order valence-corrected chi connectivity index (χ3v) is 0.500. The van der Waals surface area contributed by atoms with E-state index in [2.05, 4.69) is 11.5 Å². The van der Waals surface area contributed by atoms with E-state index in [-0.39, 0.29) is 75.0 Å². The van der Waals surface area contributed by atoms with Gasteiger partial charge in [0.1, 0.15) is 0 Å². The summed E-state index contributed by atoms with van der Waals surface area (Å²) in [6.45, 7) is 2.06. The van der Waals surface area contributed by atoms with Crippen molar-refractivity contribution in [2.24, 2.45) is 0 Å². The van der Waals surface area contributed by atoms with Gasteiger partial charge in [0.15, 0.2) is 0 Å². The van der Waals surface area contributed by atoms with Gasteiger partial charge in [-0.3, -0.25) is 0 Å². The second-order valence-corrected chi connectivity index (χ2v) is 1.06. The van der Waals surface area contributed by atoms with E-state index in [1.54, 1.807) is 0 Å². The van der Waals surface area contributed by atoms with Crippen LogP contribution in [-0.2, 0) is 75.0 Å². The summed E-state index contributed by atoms with van der Waals surface area (Å²) in [6.07, 6.45) is 1.17. The van der Waals surface area contributed by atoms with Crippen molar-refractivity contribution in [2.75, 3.05) is 13.1 Å². The van der Waals surface area contributed by atoms with Crippen molar-refractivity contribution in [1.82, 2.24) is 0 Å². The van der Waals surface area contributed by atoms with Crippen molar-refractivity contribution in [1.29, 1.82) is 0 Å². The van der Waals surface area contributed by atoms with E-state index in [0.29, 0.717) is 0 Å². The van der Waals surface area contributed by atoms with Crippen LogP contribution in [0.1, 0.15) is 6.42 Å². The van der Waals surface area contributed by atoms with E-state index < -0.39 is 0 Å². The molecular weight excluding hydrogens is 376 g/mol. The maximum atomic E-state index is 3.64. The Labute approximate surface area is 105 Å². The van der Waals surface area contributed by atoms with Crippen LogP contribution in [0, 0.1) is 0 Å². The van der Waals surface area contributed by atoms with Gasteiger partial charge in [0, 0.05) is 27.5 Å². The molecule has 7 heteroatoms. The maximum Gasteiger partial charge on any atom is 0.0794 e. The molecule has 0 aliphatic rings. The summed E-state index contributed by atoms with van der Waals surface area (Å²) in [5.41, 5.74) is 7.27. The average Bonchev–Trinajstić information content (AvgIpc) is 1.41. The number of hydrogen-bond donors (Lipinski definition) is 2. The van der Waals surface area contributed by atoms with Gasteiger partial charge in [0.05, 0.1) is 13.1 Å². The number of quaternary nitrogens is 2. The summed E-state index contributed by atoms with van der Waals surface area (Å²) in [4.78, 5) is 0. The molecule has 10 heavy (non-hydrogen) atoms. The van der Waals surface area contributed by atoms with Gasteiger partial charge in [-0.25, -0.2) is 0 Å². The van der Waals surface area contributed by atoms with Crippen molar-refractivity contribution in [3.8, 4) is 0 Å². The first-order valence-electron chi connectivity index (χ1n) is 2.00. The quantitative estimate of drug-likeness (QED) is 0.542. The molecule has 0 saturated heterocycles. The van der Waals surface area contributed by atoms with Gasteiger partial charge in [0.25, 0.3) is 0 Å². The Morgan fingerprint density at radius 1 is 0.700 bits per heavy atom. The van der Waals surface area contributed by atoms with Gasteiger partial charge in [-0.15, -0.1) is 0 Å². The summed E-state index contributed by atoms with van der Waals surface area (Å²) in [5, 5.41) is 0. The van der Waals surface area contributed by atoms with Crippen LogP contribution in [0.2, 0.25) is 0 Å². The van der Waals surface area contributed by atoms with E-state index in [1.165, 1.54) is 6.42 Å². The van der Waals surface area contributed by atoms with Crippen molar-refractivity contribution >= 4 is 54.0 Å². The van der Waals surface area contributed by atoms with Crippen LogP contribution < -0.4 is 11.5 Å². The van der Waals surface area contributed by atoms with Gasteiger partial charge in [-0.05, 0) is 0 Å². The third kappa shape index (κ3) is 50.6. The van der Waals surface area contributed by atoms with Crippen LogP contribution in [0.3, 0.4) is 0 Å². The van der Waals surface area contributed by atoms with Gasteiger partial charge in [0.2, 0.25) is 0 Å². The Balaban J connectivity index is -0.00000000800. The van der Waals surface area contributed by atoms with Crippen LogP contribution in [0.4, 0.5) is 0 Å². The summed E-state index contributed by atoms with van der Waals surface area (Å²) in [7, 11) is 0. The summed E-state index contributed by atoms with van der Waals surface area (Å²) in [5.74, 6) is 0. The van der Waals surface area contributed by atoms with Crippen molar-refractivity contribution in [3.63, 3.8) is 0 Å². The summed E-state index contributed by atoms with van der Waals surface area (Å²) >= 11 is 0. The second-order valence-electron chi connectivity index (χ2n) is 1.06. The molecule has 2 nitrogen and oxygen atoms in total. The summed E-state index contributed by atoms with van der Waals surface area (Å²) < 4.78 is 0. The van der Waals surface area contributed by atoms with Crippen molar-refractivity contribution in [2.45, 2.75) is 6.42 Å². The first kappa shape index (κ1) is 40.3. The number of hydrogen-bond acceptors (Lipinski definition) is 0. The van der Waals surface area contributed by atoms with Crippen LogP contribution in [-0.4, -0.2) is 13.1 Å². The SMILES string of the molecule is [NH3+]CCC[NH3+].[S-2].[S-2].[S-2].[S-2].[W]. The van der Waals surface area contributed by atoms with Gasteiger partial charge in [-0.2, -0.15) is 0 Å². The summed E-state index contributed by atoms with van der Waals surface area (Å²) in [6, 6.07) is 0. The molecule has 0 aromatic carbocycles. The molecule has 0 unspecified atom stereocenters. The molecule has 0 spiro atoms. The fraction of sp³-hybridized carbons (Fsp3) is 1.00. The minimum absolute atomic E-state index is 0. The molecule has 0 radical (unpaired) electrons. The Bertz CT molecular complexity index is 26.0. The van der Waals surface area contributed by atoms with E-state index in [1.807, 2.05) is 0 Å². The minimum Gasteiger partial charge on any atom is -2.00 e. The van der Waals surface area contributed by atoms with Crippen LogP contribution in [0.25, 0.3) is 0 Å². The Morgan fingerprint density at radius 2 is 0.900 bits per heavy atom. The van der Waals surface area contributed by atoms with Crippen molar-refractivity contribution < 1.29 is 32.5 Å². The van der Waals surface area contributed by atoms with Gasteiger partial charge < -0.3 is 65.5 Å². The Hall–Kier alpha value is 2.01. The topological polar surface area (TPSA) is 55.3 Å². The molecule has 0 atom stereocenters. The Morgan fingerprint density at radius 3 is 0.900 bits per heavy atom. The van der Waals surface area contributed by atoms with Crippen LogP contribution >= 0.6 is 0 Å². The second kappa shape index (κ2) is 44.0. The fourth-order valence-electron chi connectivity index (χ4n) is 0.177. The average molecular weight is 388 g/mol. The van der Waals surface area contributed by atoms with Crippen molar-refractivity contribution in [3.05, 3.63) is 0 Å². The molecule has 0 rings (SSSR count). The predicted octanol–water partition coefficient (Wildman–Crippen LogP) is -2.15. The zero-order valence-electron chi connectivity index (χ0n) is 5.58. The zero-order valence-corrected chi connectivity index (χ0v) is 11.8. The Kier molecular flexibility index (Phi) is 177. The standard InChI is InChI=1S/C3H10N2.4S.W/c4-2-1-3-5;;;;;/h1-5H2;;;;;/q;4*-2;/p+2. The molecule has 0 aromatic heterocycles. The largest absolute Gasteiger partial charge is 2.00 e. The molecule has 0 bridgehead atoms. The molecule has 0 heterocycles. The third-order valence-electron chi connectivity index (χ3n) is 0.500. The molecule has 0 amide bonds. The molecule has 70 valence electrons. The molecule has 0 fully saturated rings. The van der Waals surface area contributed by atoms with Crippen LogP contribution in [0.5, 0.6) is 0 Å². The van der Waals surface area contributed by atoms with E-state index in [0.717, 1.165) is 13.1 Å². The smallest absolute Gasteiger partial charge is 0.0794 e. The minimum atomic E-state index is 0. The molecule has 0 aromatic rings. The molecule has 6 N–H and O–H groups in total. The first-order chi connectivity index (χ1) is 2.41. The number of rotatable bonds is 2. The molecular formula is C3H12N2S4W-6. The fourth-order valence-corrected chi connectivity index (χ4v) is 0.177. The molecule has 0 aliphatic heterocycles. The predicted molar refractivity (Wildman–Crippen MR) is 49.6 cm³/mol. The van der Waals surface area contributed by atoms with E-state index in [4.69, 9.17) is 0 Å². The van der Waals surface area contributed by atoms with Gasteiger partial charge in [-0.1, -0.05) is 0 Å².